The van der Waals surface area contributed by atoms with Crippen LogP contribution in [0.3, 0.4) is 0 Å². The van der Waals surface area contributed by atoms with Gasteiger partial charge in [-0.15, -0.1) is 0 Å². The van der Waals surface area contributed by atoms with Crippen LogP contribution in [0.1, 0.15) is 31.2 Å². The normalized spacial score (nSPS) is 25.4. The van der Waals surface area contributed by atoms with Crippen molar-refractivity contribution in [3.63, 3.8) is 0 Å². The van der Waals surface area contributed by atoms with Crippen molar-refractivity contribution in [2.45, 2.75) is 37.1 Å². The van der Waals surface area contributed by atoms with E-state index >= 15 is 0 Å². The molecule has 0 aromatic heterocycles. The number of rotatable bonds is 6. The Morgan fingerprint density at radius 3 is 2.13 bits per heavy atom. The Morgan fingerprint density at radius 2 is 1.57 bits per heavy atom. The number of nitriles is 1. The van der Waals surface area contributed by atoms with Crippen molar-refractivity contribution in [3.8, 4) is 6.07 Å². The average molecular weight is 403 g/mol. The molecule has 2 aromatic carbocycles. The van der Waals surface area contributed by atoms with Crippen molar-refractivity contribution < 1.29 is 4.79 Å². The van der Waals surface area contributed by atoms with Crippen molar-refractivity contribution >= 4 is 12.1 Å². The van der Waals surface area contributed by atoms with Crippen LogP contribution in [0.2, 0.25) is 0 Å². The lowest BCUT2D eigenvalue weighted by Gasteiger charge is -2.44. The Morgan fingerprint density at radius 1 is 0.967 bits per heavy atom. The van der Waals surface area contributed by atoms with E-state index in [4.69, 9.17) is 0 Å². The highest BCUT2D eigenvalue weighted by molar-refractivity contribution is 5.74. The van der Waals surface area contributed by atoms with Crippen LogP contribution < -0.4 is 4.90 Å². The Bertz CT molecular complexity index is 848. The Balaban J connectivity index is 1.29. The van der Waals surface area contributed by atoms with Gasteiger partial charge in [-0.2, -0.15) is 5.26 Å². The maximum absolute atomic E-state index is 11.6. The third-order valence-corrected chi connectivity index (χ3v) is 6.84. The molecule has 156 valence electrons. The zero-order valence-corrected chi connectivity index (χ0v) is 17.5. The minimum absolute atomic E-state index is 0.320. The fourth-order valence-electron chi connectivity index (χ4n) is 4.96. The van der Waals surface area contributed by atoms with E-state index < -0.39 is 0 Å². The molecule has 0 N–H and O–H groups in total. The lowest BCUT2D eigenvalue weighted by atomic mass is 9.69. The first-order valence-electron chi connectivity index (χ1n) is 10.9. The lowest BCUT2D eigenvalue weighted by Crippen LogP contribution is -2.54. The Kier molecular flexibility index (Phi) is 6.47. The van der Waals surface area contributed by atoms with Crippen LogP contribution in [0, 0.1) is 11.3 Å². The van der Waals surface area contributed by atoms with Gasteiger partial charge in [0.2, 0.25) is 6.41 Å². The van der Waals surface area contributed by atoms with E-state index in [0.29, 0.717) is 12.7 Å². The van der Waals surface area contributed by atoms with Crippen molar-refractivity contribution in [2.24, 2.45) is 0 Å². The molecule has 1 saturated carbocycles. The fraction of sp³-hybridized carbons (Fsp3) is 0.440. The van der Waals surface area contributed by atoms with Gasteiger partial charge in [0.25, 0.3) is 0 Å². The molecule has 0 radical (unpaired) electrons. The number of para-hydroxylation sites is 1. The van der Waals surface area contributed by atoms with Crippen LogP contribution in [0.4, 0.5) is 5.69 Å². The first kappa shape index (κ1) is 20.6. The number of carbonyl (C=O) groups excluding carboxylic acids is 1. The van der Waals surface area contributed by atoms with E-state index in [1.807, 2.05) is 48.5 Å². The third kappa shape index (κ3) is 4.40. The van der Waals surface area contributed by atoms with Gasteiger partial charge in [-0.25, -0.2) is 0 Å². The summed E-state index contributed by atoms with van der Waals surface area (Å²) in [7, 11) is 0. The van der Waals surface area contributed by atoms with Crippen molar-refractivity contribution in [1.82, 2.24) is 9.80 Å². The molecular formula is C25H30N4O. The second-order valence-electron chi connectivity index (χ2n) is 8.50. The van der Waals surface area contributed by atoms with E-state index in [9.17, 15) is 10.1 Å². The minimum Gasteiger partial charge on any atom is -0.302 e. The topological polar surface area (TPSA) is 50.6 Å². The molecule has 1 aliphatic carbocycles. The maximum Gasteiger partial charge on any atom is 0.215 e. The van der Waals surface area contributed by atoms with Gasteiger partial charge in [-0.3, -0.25) is 14.6 Å². The Hall–Kier alpha value is -2.68. The molecule has 0 spiro atoms. The number of hydrogen-bond acceptors (Lipinski definition) is 4. The molecular weight excluding hydrogens is 372 g/mol. The van der Waals surface area contributed by atoms with E-state index in [0.717, 1.165) is 64.0 Å². The fourth-order valence-corrected chi connectivity index (χ4v) is 4.96. The van der Waals surface area contributed by atoms with Crippen molar-refractivity contribution in [3.05, 3.63) is 66.2 Å². The summed E-state index contributed by atoms with van der Waals surface area (Å²) in [6.45, 7) is 4.62. The highest BCUT2D eigenvalue weighted by Gasteiger charge is 2.39. The van der Waals surface area contributed by atoms with Crippen LogP contribution in [0.25, 0.3) is 0 Å². The van der Waals surface area contributed by atoms with Crippen molar-refractivity contribution in [2.75, 3.05) is 37.7 Å². The number of piperazine rings is 1. The van der Waals surface area contributed by atoms with Gasteiger partial charge in [0, 0.05) is 37.9 Å². The molecule has 0 unspecified atom stereocenters. The van der Waals surface area contributed by atoms with Crippen LogP contribution in [0.15, 0.2) is 60.7 Å². The van der Waals surface area contributed by atoms with Crippen molar-refractivity contribution in [1.29, 1.82) is 5.26 Å². The van der Waals surface area contributed by atoms with Gasteiger partial charge in [-0.1, -0.05) is 48.5 Å². The zero-order valence-electron chi connectivity index (χ0n) is 17.5. The summed E-state index contributed by atoms with van der Waals surface area (Å²) < 4.78 is 0. The van der Waals surface area contributed by atoms with E-state index in [1.165, 1.54) is 5.56 Å². The number of nitrogens with zero attached hydrogens (tertiary/aromatic N) is 4. The molecule has 1 saturated heterocycles. The second-order valence-corrected chi connectivity index (χ2v) is 8.50. The molecule has 1 heterocycles. The maximum atomic E-state index is 11.6. The molecule has 2 aromatic rings. The molecule has 1 aliphatic heterocycles. The smallest absolute Gasteiger partial charge is 0.215 e. The van der Waals surface area contributed by atoms with Crippen LogP contribution in [-0.4, -0.2) is 55.1 Å². The van der Waals surface area contributed by atoms with Gasteiger partial charge >= 0.3 is 0 Å². The molecule has 2 aliphatic rings. The molecule has 30 heavy (non-hydrogen) atoms. The van der Waals surface area contributed by atoms with Gasteiger partial charge in [0.05, 0.1) is 18.2 Å². The summed E-state index contributed by atoms with van der Waals surface area (Å²) in [4.78, 5) is 18.3. The Labute approximate surface area is 179 Å². The monoisotopic (exact) mass is 402 g/mol. The summed E-state index contributed by atoms with van der Waals surface area (Å²) in [6.07, 6.45) is 4.95. The lowest BCUT2D eigenvalue weighted by molar-refractivity contribution is -0.108. The molecule has 0 atom stereocenters. The van der Waals surface area contributed by atoms with Gasteiger partial charge < -0.3 is 4.90 Å². The second kappa shape index (κ2) is 9.42. The summed E-state index contributed by atoms with van der Waals surface area (Å²) >= 11 is 0. The van der Waals surface area contributed by atoms with E-state index in [1.54, 1.807) is 4.90 Å². The van der Waals surface area contributed by atoms with E-state index in [2.05, 4.69) is 28.0 Å². The summed E-state index contributed by atoms with van der Waals surface area (Å²) in [5.74, 6) is 0. The summed E-state index contributed by atoms with van der Waals surface area (Å²) in [6, 6.07) is 23.3. The number of benzene rings is 2. The number of amides is 1. The largest absolute Gasteiger partial charge is 0.302 e. The average Bonchev–Trinajstić information content (AvgIpc) is 2.84. The van der Waals surface area contributed by atoms with Gasteiger partial charge in [0.1, 0.15) is 0 Å². The zero-order chi connectivity index (χ0) is 20.8. The molecule has 5 heteroatoms. The molecule has 4 rings (SSSR count). The summed E-state index contributed by atoms with van der Waals surface area (Å²) in [5, 5.41) is 9.92. The molecule has 5 nitrogen and oxygen atoms in total. The number of hydrogen-bond donors (Lipinski definition) is 0. The highest BCUT2D eigenvalue weighted by Crippen LogP contribution is 2.40. The highest BCUT2D eigenvalue weighted by atomic mass is 16.1. The summed E-state index contributed by atoms with van der Waals surface area (Å²) in [5.41, 5.74) is 1.79. The molecule has 1 amide bonds. The standard InChI is InChI=1S/C25H30N4O/c26-19-25(22-7-3-1-4-8-22)13-11-24(12-14-25)28-17-15-27(16-18-28)20-29(21-30)23-9-5-2-6-10-23/h1-10,21,24H,11-18,20H2/t24-,25-. The van der Waals surface area contributed by atoms with Crippen LogP contribution >= 0.6 is 0 Å². The SMILES string of the molecule is N#C[C@]1(c2ccccc2)CC[C@H](N2CCN(CN(C=O)c3ccccc3)CC2)CC1. The number of anilines is 1. The van der Waals surface area contributed by atoms with E-state index in [-0.39, 0.29) is 5.41 Å². The minimum atomic E-state index is -0.320. The number of carbonyl (C=O) groups is 1. The first-order chi connectivity index (χ1) is 14.7. The predicted molar refractivity (Wildman–Crippen MR) is 119 cm³/mol. The third-order valence-electron chi connectivity index (χ3n) is 6.84. The predicted octanol–water partition coefficient (Wildman–Crippen LogP) is 3.63. The van der Waals surface area contributed by atoms with Crippen LogP contribution in [-0.2, 0) is 10.2 Å². The van der Waals surface area contributed by atoms with Gasteiger partial charge in [-0.05, 0) is 43.4 Å². The first-order valence-corrected chi connectivity index (χ1v) is 10.9. The molecule has 0 bridgehead atoms. The van der Waals surface area contributed by atoms with Gasteiger partial charge in [0.15, 0.2) is 0 Å². The quantitative estimate of drug-likeness (QED) is 0.693. The van der Waals surface area contributed by atoms with Crippen LogP contribution in [0.5, 0.6) is 0 Å². The molecule has 2 fully saturated rings.